The predicted octanol–water partition coefficient (Wildman–Crippen LogP) is 3.50. The molecule has 0 radical (unpaired) electrons. The van der Waals surface area contributed by atoms with Crippen molar-refractivity contribution < 1.29 is 19.4 Å². The first-order chi connectivity index (χ1) is 10.4. The Balaban J connectivity index is 2.47. The molecule has 2 N–H and O–H groups in total. The molecule has 5 nitrogen and oxygen atoms in total. The number of hydrogen-bond donors (Lipinski definition) is 2. The van der Waals surface area contributed by atoms with E-state index in [9.17, 15) is 14.7 Å². The van der Waals surface area contributed by atoms with Crippen LogP contribution in [0.1, 0.15) is 39.2 Å². The third-order valence-corrected chi connectivity index (χ3v) is 3.46. The minimum absolute atomic E-state index is 0.117. The van der Waals surface area contributed by atoms with Crippen LogP contribution in [0.25, 0.3) is 0 Å². The van der Waals surface area contributed by atoms with Crippen LogP contribution in [0, 0.1) is 0 Å². The molecule has 0 saturated carbocycles. The number of carboxylic acids is 1. The summed E-state index contributed by atoms with van der Waals surface area (Å²) in [4.78, 5) is 22.9. The average Bonchev–Trinajstić information content (AvgIpc) is 2.49. The highest BCUT2D eigenvalue weighted by atomic mass is 16.5. The molecule has 1 rings (SSSR count). The van der Waals surface area contributed by atoms with E-state index in [-0.39, 0.29) is 6.61 Å². The van der Waals surface area contributed by atoms with Crippen LogP contribution >= 0.6 is 0 Å². The van der Waals surface area contributed by atoms with E-state index in [2.05, 4.69) is 5.32 Å². The lowest BCUT2D eigenvalue weighted by atomic mass is 10.0. The van der Waals surface area contributed by atoms with Crippen molar-refractivity contribution in [3.05, 3.63) is 47.0 Å². The van der Waals surface area contributed by atoms with E-state index in [0.717, 1.165) is 16.7 Å². The molecule has 0 aromatic heterocycles. The molecule has 1 aromatic rings. The van der Waals surface area contributed by atoms with E-state index < -0.39 is 18.1 Å². The molecule has 5 heteroatoms. The molecule has 0 saturated heterocycles. The van der Waals surface area contributed by atoms with Crippen molar-refractivity contribution in [2.24, 2.45) is 0 Å². The van der Waals surface area contributed by atoms with Crippen molar-refractivity contribution in [1.82, 2.24) is 5.32 Å². The minimum atomic E-state index is -1.06. The third kappa shape index (κ3) is 6.43. The van der Waals surface area contributed by atoms with Gasteiger partial charge in [0.25, 0.3) is 0 Å². The summed E-state index contributed by atoms with van der Waals surface area (Å²) in [7, 11) is 0. The molecule has 1 atom stereocenters. The Morgan fingerprint density at radius 2 is 1.82 bits per heavy atom. The highest BCUT2D eigenvalue weighted by molar-refractivity contribution is 5.79. The summed E-state index contributed by atoms with van der Waals surface area (Å²) in [6.45, 7) is 6.04. The maximum Gasteiger partial charge on any atom is 0.408 e. The number of rotatable bonds is 7. The minimum Gasteiger partial charge on any atom is -0.480 e. The first-order valence-corrected chi connectivity index (χ1v) is 7.23. The Kier molecular flexibility index (Phi) is 7.16. The summed E-state index contributed by atoms with van der Waals surface area (Å²) >= 11 is 0. The highest BCUT2D eigenvalue weighted by Gasteiger charge is 2.20. The van der Waals surface area contributed by atoms with Crippen LogP contribution in [-0.4, -0.2) is 23.2 Å². The van der Waals surface area contributed by atoms with Gasteiger partial charge in [-0.1, -0.05) is 41.5 Å². The van der Waals surface area contributed by atoms with Gasteiger partial charge in [-0.15, -0.1) is 0 Å². The number of hydrogen-bond acceptors (Lipinski definition) is 3. The predicted molar refractivity (Wildman–Crippen MR) is 84.5 cm³/mol. The van der Waals surface area contributed by atoms with Gasteiger partial charge in [-0.2, -0.15) is 0 Å². The first-order valence-electron chi connectivity index (χ1n) is 7.23. The van der Waals surface area contributed by atoms with Crippen molar-refractivity contribution in [1.29, 1.82) is 0 Å². The molecule has 120 valence electrons. The number of ether oxygens (including phenoxy) is 1. The first kappa shape index (κ1) is 17.8. The van der Waals surface area contributed by atoms with Crippen LogP contribution in [-0.2, 0) is 16.1 Å². The molecule has 0 bridgehead atoms. The smallest absolute Gasteiger partial charge is 0.408 e. The van der Waals surface area contributed by atoms with Gasteiger partial charge in [-0.25, -0.2) is 9.59 Å². The molecule has 0 aliphatic heterocycles. The molecule has 1 unspecified atom stereocenters. The van der Waals surface area contributed by atoms with E-state index in [4.69, 9.17) is 4.74 Å². The van der Waals surface area contributed by atoms with Gasteiger partial charge in [0.2, 0.25) is 0 Å². The van der Waals surface area contributed by atoms with E-state index >= 15 is 0 Å². The normalized spacial score (nSPS) is 11.4. The number of carbonyl (C=O) groups excluding carboxylic acids is 1. The number of carbonyl (C=O) groups is 2. The van der Waals surface area contributed by atoms with Crippen molar-refractivity contribution in [2.75, 3.05) is 0 Å². The van der Waals surface area contributed by atoms with E-state index in [0.29, 0.717) is 12.8 Å². The summed E-state index contributed by atoms with van der Waals surface area (Å²) in [5.41, 5.74) is 3.14. The lowest BCUT2D eigenvalue weighted by Crippen LogP contribution is -2.41. The van der Waals surface area contributed by atoms with Gasteiger partial charge in [-0.3, -0.25) is 0 Å². The fourth-order valence-electron chi connectivity index (χ4n) is 1.78. The molecule has 1 aromatic carbocycles. The SMILES string of the molecule is CC(C)=C(C)CCC(NC(=O)OCc1ccccc1)C(=O)O. The molecular formula is C17H23NO4. The zero-order chi connectivity index (χ0) is 16.5. The van der Waals surface area contributed by atoms with Crippen LogP contribution in [0.4, 0.5) is 4.79 Å². The molecule has 1 amide bonds. The van der Waals surface area contributed by atoms with Crippen LogP contribution < -0.4 is 5.32 Å². The number of alkyl carbamates (subject to hydrolysis) is 1. The van der Waals surface area contributed by atoms with Crippen molar-refractivity contribution in [2.45, 2.75) is 46.3 Å². The molecular weight excluding hydrogens is 282 g/mol. The van der Waals surface area contributed by atoms with Gasteiger partial charge in [-0.05, 0) is 39.2 Å². The summed E-state index contributed by atoms with van der Waals surface area (Å²) in [6.07, 6.45) is 0.247. The lowest BCUT2D eigenvalue weighted by molar-refractivity contribution is -0.139. The Hall–Kier alpha value is -2.30. The second kappa shape index (κ2) is 8.87. The van der Waals surface area contributed by atoms with Gasteiger partial charge in [0.1, 0.15) is 12.6 Å². The maximum atomic E-state index is 11.7. The number of benzene rings is 1. The Bertz CT molecular complexity index is 533. The van der Waals surface area contributed by atoms with Crippen LogP contribution in [0.15, 0.2) is 41.5 Å². The second-order valence-corrected chi connectivity index (χ2v) is 5.42. The molecule has 0 aliphatic carbocycles. The number of amides is 1. The quantitative estimate of drug-likeness (QED) is 0.756. The summed E-state index contributed by atoms with van der Waals surface area (Å²) in [6, 6.07) is 8.28. The van der Waals surface area contributed by atoms with Crippen molar-refractivity contribution in [3.8, 4) is 0 Å². The highest BCUT2D eigenvalue weighted by Crippen LogP contribution is 2.12. The van der Waals surface area contributed by atoms with Gasteiger partial charge in [0, 0.05) is 0 Å². The summed E-state index contributed by atoms with van der Waals surface area (Å²) in [5, 5.41) is 11.6. The number of carboxylic acid groups (broad SMARTS) is 1. The monoisotopic (exact) mass is 305 g/mol. The average molecular weight is 305 g/mol. The zero-order valence-electron chi connectivity index (χ0n) is 13.3. The number of aliphatic carboxylic acids is 1. The fraction of sp³-hybridized carbons (Fsp3) is 0.412. The molecule has 0 spiro atoms. The Labute approximate surface area is 131 Å². The van der Waals surface area contributed by atoms with E-state index in [1.807, 2.05) is 51.1 Å². The molecule has 22 heavy (non-hydrogen) atoms. The van der Waals surface area contributed by atoms with E-state index in [1.54, 1.807) is 0 Å². The van der Waals surface area contributed by atoms with Gasteiger partial charge in [0.05, 0.1) is 0 Å². The van der Waals surface area contributed by atoms with Gasteiger partial charge >= 0.3 is 12.1 Å². The summed E-state index contributed by atoms with van der Waals surface area (Å²) in [5.74, 6) is -1.06. The van der Waals surface area contributed by atoms with Crippen molar-refractivity contribution in [3.63, 3.8) is 0 Å². The molecule has 0 fully saturated rings. The number of nitrogens with one attached hydrogen (secondary N) is 1. The number of allylic oxidation sites excluding steroid dienone is 2. The summed E-state index contributed by atoms with van der Waals surface area (Å²) < 4.78 is 5.04. The van der Waals surface area contributed by atoms with Gasteiger partial charge < -0.3 is 15.2 Å². The largest absolute Gasteiger partial charge is 0.480 e. The van der Waals surface area contributed by atoms with Crippen LogP contribution in [0.2, 0.25) is 0 Å². The maximum absolute atomic E-state index is 11.7. The topological polar surface area (TPSA) is 75.6 Å². The standard InChI is InChI=1S/C17H23NO4/c1-12(2)13(3)9-10-15(16(19)20)18-17(21)22-11-14-7-5-4-6-8-14/h4-8,15H,9-11H2,1-3H3,(H,18,21)(H,19,20). The Morgan fingerprint density at radius 3 is 2.36 bits per heavy atom. The van der Waals surface area contributed by atoms with E-state index in [1.165, 1.54) is 0 Å². The fourth-order valence-corrected chi connectivity index (χ4v) is 1.78. The van der Waals surface area contributed by atoms with Crippen LogP contribution in [0.3, 0.4) is 0 Å². The lowest BCUT2D eigenvalue weighted by Gasteiger charge is -2.15. The Morgan fingerprint density at radius 1 is 1.18 bits per heavy atom. The van der Waals surface area contributed by atoms with Crippen molar-refractivity contribution >= 4 is 12.1 Å². The zero-order valence-corrected chi connectivity index (χ0v) is 13.3. The van der Waals surface area contributed by atoms with Crippen LogP contribution in [0.5, 0.6) is 0 Å². The van der Waals surface area contributed by atoms with Gasteiger partial charge in [0.15, 0.2) is 0 Å². The molecule has 0 heterocycles. The molecule has 0 aliphatic rings. The third-order valence-electron chi connectivity index (χ3n) is 3.46. The second-order valence-electron chi connectivity index (χ2n) is 5.42.